The molecule has 2 aromatic carbocycles. The molecule has 0 heterocycles. The van der Waals surface area contributed by atoms with E-state index >= 15 is 0 Å². The Bertz CT molecular complexity index is 822. The Morgan fingerprint density at radius 2 is 1.74 bits per heavy atom. The van der Waals surface area contributed by atoms with Gasteiger partial charge in [0.05, 0.1) is 0 Å². The van der Waals surface area contributed by atoms with E-state index in [0.29, 0.717) is 22.7 Å². The van der Waals surface area contributed by atoms with Crippen molar-refractivity contribution in [3.63, 3.8) is 0 Å². The Hall–Kier alpha value is -2.44. The van der Waals surface area contributed by atoms with Crippen molar-refractivity contribution in [1.82, 2.24) is 10.6 Å². The van der Waals surface area contributed by atoms with Crippen LogP contribution in [0.4, 0.5) is 5.69 Å². The molecule has 0 fully saturated rings. The van der Waals surface area contributed by atoms with Crippen molar-refractivity contribution >= 4 is 46.4 Å². The van der Waals surface area contributed by atoms with Crippen LogP contribution in [0.15, 0.2) is 48.5 Å². The summed E-state index contributed by atoms with van der Waals surface area (Å²) in [5.41, 5.74) is 2.17. The quantitative estimate of drug-likeness (QED) is 0.639. The number of anilines is 1. The zero-order chi connectivity index (χ0) is 19.8. The fourth-order valence-corrected chi connectivity index (χ4v) is 2.81. The van der Waals surface area contributed by atoms with Crippen LogP contribution in [0.1, 0.15) is 36.2 Å². The van der Waals surface area contributed by atoms with Gasteiger partial charge in [0.2, 0.25) is 5.91 Å². The van der Waals surface area contributed by atoms with Crippen molar-refractivity contribution in [2.45, 2.75) is 32.7 Å². The molecule has 0 saturated carbocycles. The van der Waals surface area contributed by atoms with E-state index in [9.17, 15) is 9.59 Å². The number of benzene rings is 2. The van der Waals surface area contributed by atoms with Gasteiger partial charge in [-0.05, 0) is 68.4 Å². The highest BCUT2D eigenvalue weighted by atomic mass is 35.5. The first-order valence-corrected chi connectivity index (χ1v) is 9.39. The average molecular weight is 404 g/mol. The predicted molar refractivity (Wildman–Crippen MR) is 113 cm³/mol. The number of hydrogen-bond donors (Lipinski definition) is 3. The first-order valence-electron chi connectivity index (χ1n) is 8.60. The SMILES string of the molecule is CC(C)NC(=O)c1ccc(NC(=S)NC(=O)CCc2ccccc2Cl)cc1. The van der Waals surface area contributed by atoms with E-state index in [1.807, 2.05) is 32.0 Å². The standard InChI is InChI=1S/C20H22ClN3O2S/c1-13(2)22-19(26)15-7-10-16(11-8-15)23-20(27)24-18(25)12-9-14-5-3-4-6-17(14)21/h3-8,10-11,13H,9,12H2,1-2H3,(H,22,26)(H2,23,24,25,27). The van der Waals surface area contributed by atoms with Gasteiger partial charge in [-0.3, -0.25) is 9.59 Å². The van der Waals surface area contributed by atoms with Gasteiger partial charge in [0.15, 0.2) is 5.11 Å². The second kappa shape index (κ2) is 10.0. The minimum atomic E-state index is -0.194. The van der Waals surface area contributed by atoms with E-state index in [2.05, 4.69) is 16.0 Å². The van der Waals surface area contributed by atoms with Gasteiger partial charge in [-0.25, -0.2) is 0 Å². The van der Waals surface area contributed by atoms with Gasteiger partial charge in [-0.1, -0.05) is 29.8 Å². The number of carbonyl (C=O) groups excluding carboxylic acids is 2. The molecular weight excluding hydrogens is 382 g/mol. The molecule has 142 valence electrons. The number of rotatable bonds is 6. The summed E-state index contributed by atoms with van der Waals surface area (Å²) in [5, 5.41) is 9.25. The second-order valence-corrected chi connectivity index (χ2v) is 7.11. The molecule has 7 heteroatoms. The first-order chi connectivity index (χ1) is 12.8. The lowest BCUT2D eigenvalue weighted by atomic mass is 10.1. The molecule has 0 unspecified atom stereocenters. The van der Waals surface area contributed by atoms with E-state index in [0.717, 1.165) is 5.56 Å². The summed E-state index contributed by atoms with van der Waals surface area (Å²) in [5.74, 6) is -0.327. The Balaban J connectivity index is 1.82. The van der Waals surface area contributed by atoms with Gasteiger partial charge in [0, 0.05) is 28.7 Å². The van der Waals surface area contributed by atoms with Crippen LogP contribution in [0.25, 0.3) is 0 Å². The highest BCUT2D eigenvalue weighted by Gasteiger charge is 2.09. The van der Waals surface area contributed by atoms with Crippen molar-refractivity contribution in [3.05, 3.63) is 64.7 Å². The number of nitrogens with one attached hydrogen (secondary N) is 3. The minimum absolute atomic E-state index is 0.0730. The Kier molecular flexibility index (Phi) is 7.76. The topological polar surface area (TPSA) is 70.2 Å². The summed E-state index contributed by atoms with van der Waals surface area (Å²) in [6, 6.07) is 14.4. The molecule has 0 aliphatic carbocycles. The summed E-state index contributed by atoms with van der Waals surface area (Å²) < 4.78 is 0. The number of amides is 2. The van der Waals surface area contributed by atoms with Crippen LogP contribution < -0.4 is 16.0 Å². The lowest BCUT2D eigenvalue weighted by molar-refractivity contribution is -0.119. The second-order valence-electron chi connectivity index (χ2n) is 6.30. The summed E-state index contributed by atoms with van der Waals surface area (Å²) in [4.78, 5) is 24.0. The molecule has 0 aliphatic heterocycles. The third-order valence-electron chi connectivity index (χ3n) is 3.66. The summed E-state index contributed by atoms with van der Waals surface area (Å²) in [6.45, 7) is 3.81. The minimum Gasteiger partial charge on any atom is -0.350 e. The molecule has 2 rings (SSSR count). The maximum atomic E-state index is 12.0. The third kappa shape index (κ3) is 7.00. The molecule has 0 spiro atoms. The Labute approximate surface area is 169 Å². The largest absolute Gasteiger partial charge is 0.350 e. The van der Waals surface area contributed by atoms with Gasteiger partial charge >= 0.3 is 0 Å². The molecule has 2 amide bonds. The number of halogens is 1. The Morgan fingerprint density at radius 3 is 2.37 bits per heavy atom. The van der Waals surface area contributed by atoms with Crippen LogP contribution >= 0.6 is 23.8 Å². The van der Waals surface area contributed by atoms with Gasteiger partial charge in [-0.15, -0.1) is 0 Å². The molecule has 0 aromatic heterocycles. The summed E-state index contributed by atoms with van der Waals surface area (Å²) in [6.07, 6.45) is 0.813. The summed E-state index contributed by atoms with van der Waals surface area (Å²) >= 11 is 11.2. The predicted octanol–water partition coefficient (Wildman–Crippen LogP) is 3.92. The molecule has 0 radical (unpaired) electrons. The van der Waals surface area contributed by atoms with Crippen LogP contribution in [0.5, 0.6) is 0 Å². The highest BCUT2D eigenvalue weighted by molar-refractivity contribution is 7.80. The average Bonchev–Trinajstić information content (AvgIpc) is 2.61. The number of aryl methyl sites for hydroxylation is 1. The van der Waals surface area contributed by atoms with Crippen LogP contribution in [-0.2, 0) is 11.2 Å². The monoisotopic (exact) mass is 403 g/mol. The van der Waals surface area contributed by atoms with Crippen LogP contribution in [-0.4, -0.2) is 23.0 Å². The lowest BCUT2D eigenvalue weighted by Crippen LogP contribution is -2.34. The zero-order valence-electron chi connectivity index (χ0n) is 15.2. The summed E-state index contributed by atoms with van der Waals surface area (Å²) in [7, 11) is 0. The molecule has 0 atom stereocenters. The molecule has 0 aliphatic rings. The van der Waals surface area contributed by atoms with Crippen molar-refractivity contribution in [2.24, 2.45) is 0 Å². The van der Waals surface area contributed by atoms with Gasteiger partial charge in [0.1, 0.15) is 0 Å². The number of carbonyl (C=O) groups is 2. The van der Waals surface area contributed by atoms with Crippen LogP contribution in [0, 0.1) is 0 Å². The highest BCUT2D eigenvalue weighted by Crippen LogP contribution is 2.16. The molecule has 27 heavy (non-hydrogen) atoms. The van der Waals surface area contributed by atoms with Crippen molar-refractivity contribution in [3.8, 4) is 0 Å². The smallest absolute Gasteiger partial charge is 0.251 e. The molecule has 0 saturated heterocycles. The van der Waals surface area contributed by atoms with Crippen LogP contribution in [0.2, 0.25) is 5.02 Å². The first kappa shape index (κ1) is 20.9. The maximum Gasteiger partial charge on any atom is 0.251 e. The molecule has 0 bridgehead atoms. The fourth-order valence-electron chi connectivity index (χ4n) is 2.35. The number of hydrogen-bond acceptors (Lipinski definition) is 3. The van der Waals surface area contributed by atoms with Gasteiger partial charge < -0.3 is 16.0 Å². The number of thiocarbonyl (C=S) groups is 1. The van der Waals surface area contributed by atoms with E-state index in [4.69, 9.17) is 23.8 Å². The van der Waals surface area contributed by atoms with E-state index in [1.54, 1.807) is 30.3 Å². The van der Waals surface area contributed by atoms with E-state index in [1.165, 1.54) is 0 Å². The van der Waals surface area contributed by atoms with Crippen molar-refractivity contribution in [1.29, 1.82) is 0 Å². The molecule has 5 nitrogen and oxygen atoms in total. The molecule has 2 aromatic rings. The Morgan fingerprint density at radius 1 is 1.07 bits per heavy atom. The third-order valence-corrected chi connectivity index (χ3v) is 4.23. The van der Waals surface area contributed by atoms with E-state index in [-0.39, 0.29) is 29.4 Å². The normalized spacial score (nSPS) is 10.4. The zero-order valence-corrected chi connectivity index (χ0v) is 16.8. The van der Waals surface area contributed by atoms with Crippen molar-refractivity contribution in [2.75, 3.05) is 5.32 Å². The molecular formula is C20H22ClN3O2S. The van der Waals surface area contributed by atoms with Crippen LogP contribution in [0.3, 0.4) is 0 Å². The van der Waals surface area contributed by atoms with E-state index < -0.39 is 0 Å². The maximum absolute atomic E-state index is 12.0. The molecule has 3 N–H and O–H groups in total. The van der Waals surface area contributed by atoms with Gasteiger partial charge in [0.25, 0.3) is 5.91 Å². The fraction of sp³-hybridized carbons (Fsp3) is 0.250. The lowest BCUT2D eigenvalue weighted by Gasteiger charge is -2.11. The van der Waals surface area contributed by atoms with Gasteiger partial charge in [-0.2, -0.15) is 0 Å². The van der Waals surface area contributed by atoms with Crippen molar-refractivity contribution < 1.29 is 9.59 Å².